The molecule has 4 N–H and O–H groups in total. The maximum Gasteiger partial charge on any atom is 0.337 e. The zero-order valence-corrected chi connectivity index (χ0v) is 11.4. The molecule has 0 aliphatic carbocycles. The second-order valence-electron chi connectivity index (χ2n) is 3.99. The summed E-state index contributed by atoms with van der Waals surface area (Å²) in [6.45, 7) is 0.129. The van der Waals surface area contributed by atoms with Crippen molar-refractivity contribution < 1.29 is 18.3 Å². The summed E-state index contributed by atoms with van der Waals surface area (Å²) >= 11 is 0. The summed E-state index contributed by atoms with van der Waals surface area (Å²) in [6, 6.07) is 1.26. The zero-order valence-electron chi connectivity index (χ0n) is 10.6. The second kappa shape index (κ2) is 5.85. The van der Waals surface area contributed by atoms with Crippen LogP contribution in [0.2, 0.25) is 0 Å². The highest BCUT2D eigenvalue weighted by atomic mass is 32.2. The van der Waals surface area contributed by atoms with Crippen LogP contribution in [-0.4, -0.2) is 55.2 Å². The summed E-state index contributed by atoms with van der Waals surface area (Å²) in [7, 11) is -0.399. The van der Waals surface area contributed by atoms with E-state index in [1.165, 1.54) is 20.2 Å². The van der Waals surface area contributed by atoms with Crippen LogP contribution in [0.5, 0.6) is 0 Å². The molecule has 1 heterocycles. The smallest absolute Gasteiger partial charge is 0.337 e. The van der Waals surface area contributed by atoms with Crippen molar-refractivity contribution in [3.8, 4) is 0 Å². The number of nitrogens with zero attached hydrogens (tertiary/aromatic N) is 2. The fourth-order valence-electron chi connectivity index (χ4n) is 1.23. The van der Waals surface area contributed by atoms with Crippen LogP contribution in [0.1, 0.15) is 10.4 Å². The van der Waals surface area contributed by atoms with E-state index in [9.17, 15) is 13.2 Å². The van der Waals surface area contributed by atoms with Crippen LogP contribution >= 0.6 is 0 Å². The third kappa shape index (κ3) is 4.07. The molecule has 0 spiro atoms. The van der Waals surface area contributed by atoms with Crippen molar-refractivity contribution in [2.24, 2.45) is 0 Å². The lowest BCUT2D eigenvalue weighted by Gasteiger charge is -2.12. The number of sulfonamides is 1. The van der Waals surface area contributed by atoms with Gasteiger partial charge in [-0.2, -0.15) is 0 Å². The molecule has 0 amide bonds. The number of nitrogens with one attached hydrogen (secondary N) is 1. The first kappa shape index (κ1) is 15.2. The third-order valence-electron chi connectivity index (χ3n) is 2.37. The molecular formula is C10H16N4O4S. The van der Waals surface area contributed by atoms with Crippen LogP contribution in [-0.2, 0) is 10.0 Å². The lowest BCUT2D eigenvalue weighted by atomic mass is 10.2. The number of aromatic nitrogens is 1. The summed E-state index contributed by atoms with van der Waals surface area (Å²) < 4.78 is 24.1. The first-order chi connectivity index (χ1) is 8.74. The molecule has 0 unspecified atom stereocenters. The van der Waals surface area contributed by atoms with Crippen molar-refractivity contribution in [1.29, 1.82) is 0 Å². The highest BCUT2D eigenvalue weighted by Crippen LogP contribution is 2.16. The minimum atomic E-state index is -3.29. The van der Waals surface area contributed by atoms with Gasteiger partial charge in [-0.3, -0.25) is 0 Å². The standard InChI is InChI=1S/C10H16N4O4S/c1-14(2)19(17,18)4-3-12-9-8(11)5-7(6-13-9)10(15)16/h5-6H,3-4,11H2,1-2H3,(H,12,13)(H,15,16). The molecule has 1 aromatic rings. The van der Waals surface area contributed by atoms with Crippen molar-refractivity contribution in [2.75, 3.05) is 37.4 Å². The number of nitrogen functional groups attached to an aromatic ring is 1. The molecule has 0 saturated heterocycles. The Bertz CT molecular complexity index is 571. The van der Waals surface area contributed by atoms with Crippen LogP contribution in [0.15, 0.2) is 12.3 Å². The number of carbonyl (C=O) groups is 1. The molecule has 106 valence electrons. The van der Waals surface area contributed by atoms with E-state index in [4.69, 9.17) is 10.8 Å². The van der Waals surface area contributed by atoms with E-state index in [-0.39, 0.29) is 29.4 Å². The Hall–Kier alpha value is -1.87. The van der Waals surface area contributed by atoms with Crippen molar-refractivity contribution in [1.82, 2.24) is 9.29 Å². The van der Waals surface area contributed by atoms with E-state index in [1.54, 1.807) is 0 Å². The predicted octanol–water partition coefficient (Wildman–Crippen LogP) is -0.335. The molecule has 0 aliphatic rings. The number of aromatic carboxylic acids is 1. The molecule has 0 bridgehead atoms. The molecule has 0 fully saturated rings. The largest absolute Gasteiger partial charge is 0.478 e. The van der Waals surface area contributed by atoms with E-state index in [0.29, 0.717) is 0 Å². The minimum Gasteiger partial charge on any atom is -0.478 e. The molecule has 0 aromatic carbocycles. The maximum atomic E-state index is 11.5. The average molecular weight is 288 g/mol. The van der Waals surface area contributed by atoms with Crippen molar-refractivity contribution in [3.63, 3.8) is 0 Å². The van der Waals surface area contributed by atoms with Gasteiger partial charge in [-0.05, 0) is 6.07 Å². The van der Waals surface area contributed by atoms with Crippen LogP contribution in [0.3, 0.4) is 0 Å². The quantitative estimate of drug-likeness (QED) is 0.654. The van der Waals surface area contributed by atoms with Crippen molar-refractivity contribution in [2.45, 2.75) is 0 Å². The summed E-state index contributed by atoms with van der Waals surface area (Å²) in [5, 5.41) is 11.5. The highest BCUT2D eigenvalue weighted by molar-refractivity contribution is 7.89. The van der Waals surface area contributed by atoms with Gasteiger partial charge < -0.3 is 16.2 Å². The minimum absolute atomic E-state index is 0.0241. The average Bonchev–Trinajstić information content (AvgIpc) is 2.30. The van der Waals surface area contributed by atoms with Gasteiger partial charge in [0.1, 0.15) is 5.82 Å². The Morgan fingerprint density at radius 3 is 2.63 bits per heavy atom. The van der Waals surface area contributed by atoms with Crippen LogP contribution in [0.4, 0.5) is 11.5 Å². The second-order valence-corrected chi connectivity index (χ2v) is 6.29. The molecule has 0 radical (unpaired) electrons. The topological polar surface area (TPSA) is 126 Å². The summed E-state index contributed by atoms with van der Waals surface area (Å²) in [5.74, 6) is -0.971. The molecule has 8 nitrogen and oxygen atoms in total. The van der Waals surface area contributed by atoms with Crippen LogP contribution < -0.4 is 11.1 Å². The van der Waals surface area contributed by atoms with E-state index in [1.807, 2.05) is 0 Å². The number of rotatable bonds is 6. The Balaban J connectivity index is 2.67. The molecule has 9 heteroatoms. The van der Waals surface area contributed by atoms with Gasteiger partial charge >= 0.3 is 5.97 Å². The third-order valence-corrected chi connectivity index (χ3v) is 4.21. The molecule has 1 aromatic heterocycles. The van der Waals surface area contributed by atoms with Gasteiger partial charge in [0.25, 0.3) is 0 Å². The number of anilines is 2. The molecule has 0 atom stereocenters. The number of pyridine rings is 1. The Morgan fingerprint density at radius 1 is 1.53 bits per heavy atom. The van der Waals surface area contributed by atoms with Crippen LogP contribution in [0, 0.1) is 0 Å². The van der Waals surface area contributed by atoms with E-state index < -0.39 is 16.0 Å². The number of carboxylic acid groups (broad SMARTS) is 1. The van der Waals surface area contributed by atoms with Gasteiger partial charge in [0.2, 0.25) is 10.0 Å². The predicted molar refractivity (Wildman–Crippen MR) is 71.6 cm³/mol. The van der Waals surface area contributed by atoms with E-state index in [0.717, 1.165) is 10.5 Å². The van der Waals surface area contributed by atoms with Gasteiger partial charge in [0, 0.05) is 26.8 Å². The SMILES string of the molecule is CN(C)S(=O)(=O)CCNc1ncc(C(=O)O)cc1N. The van der Waals surface area contributed by atoms with Gasteiger partial charge in [0.05, 0.1) is 17.0 Å². The van der Waals surface area contributed by atoms with Gasteiger partial charge in [0.15, 0.2) is 0 Å². The number of nitrogens with two attached hydrogens (primary N) is 1. The maximum absolute atomic E-state index is 11.5. The molecule has 0 aliphatic heterocycles. The molecule has 19 heavy (non-hydrogen) atoms. The van der Waals surface area contributed by atoms with E-state index in [2.05, 4.69) is 10.3 Å². The van der Waals surface area contributed by atoms with Crippen molar-refractivity contribution >= 4 is 27.5 Å². The van der Waals surface area contributed by atoms with Gasteiger partial charge in [-0.15, -0.1) is 0 Å². The Kier molecular flexibility index (Phi) is 4.67. The number of hydrogen-bond acceptors (Lipinski definition) is 6. The first-order valence-corrected chi connectivity index (χ1v) is 6.98. The van der Waals surface area contributed by atoms with Gasteiger partial charge in [-0.25, -0.2) is 22.5 Å². The number of carboxylic acids is 1. The molecular weight excluding hydrogens is 272 g/mol. The fourth-order valence-corrected chi connectivity index (χ4v) is 1.95. The van der Waals surface area contributed by atoms with Gasteiger partial charge in [-0.1, -0.05) is 0 Å². The monoisotopic (exact) mass is 288 g/mol. The first-order valence-electron chi connectivity index (χ1n) is 5.37. The number of hydrogen-bond donors (Lipinski definition) is 3. The lowest BCUT2D eigenvalue weighted by Crippen LogP contribution is -2.28. The molecule has 0 saturated carbocycles. The van der Waals surface area contributed by atoms with Crippen molar-refractivity contribution in [3.05, 3.63) is 17.8 Å². The van der Waals surface area contributed by atoms with Crippen LogP contribution in [0.25, 0.3) is 0 Å². The summed E-state index contributed by atoms with van der Waals surface area (Å²) in [6.07, 6.45) is 1.15. The normalized spacial score (nSPS) is 11.5. The molecule has 1 rings (SSSR count). The Morgan fingerprint density at radius 2 is 2.16 bits per heavy atom. The fraction of sp³-hybridized carbons (Fsp3) is 0.400. The lowest BCUT2D eigenvalue weighted by molar-refractivity contribution is 0.0696. The Labute approximate surface area is 111 Å². The van der Waals surface area contributed by atoms with E-state index >= 15 is 0 Å². The zero-order chi connectivity index (χ0) is 14.6. The summed E-state index contributed by atoms with van der Waals surface area (Å²) in [4.78, 5) is 14.5. The highest BCUT2D eigenvalue weighted by Gasteiger charge is 2.13. The summed E-state index contributed by atoms with van der Waals surface area (Å²) in [5.41, 5.74) is 5.75.